The van der Waals surface area contributed by atoms with Gasteiger partial charge in [-0.3, -0.25) is 9.59 Å². The number of amides is 2. The number of nitrogens with one attached hydrogen (secondary N) is 2. The number of rotatable bonds is 4. The van der Waals surface area contributed by atoms with Gasteiger partial charge < -0.3 is 15.7 Å². The molecule has 0 rings (SSSR count). The first-order valence-corrected chi connectivity index (χ1v) is 5.36. The molecule has 0 fully saturated rings. The van der Waals surface area contributed by atoms with E-state index in [0.29, 0.717) is 0 Å². The van der Waals surface area contributed by atoms with Gasteiger partial charge in [-0.25, -0.2) is 4.79 Å². The summed E-state index contributed by atoms with van der Waals surface area (Å²) in [6, 6.07) is -1.75. The molecule has 0 aromatic carbocycles. The van der Waals surface area contributed by atoms with Gasteiger partial charge in [0.25, 0.3) is 0 Å². The van der Waals surface area contributed by atoms with Gasteiger partial charge in [0.1, 0.15) is 12.1 Å². The van der Waals surface area contributed by atoms with Gasteiger partial charge in [0.05, 0.1) is 0 Å². The molecule has 0 aliphatic carbocycles. The minimum absolute atomic E-state index is 0.338. The van der Waals surface area contributed by atoms with E-state index in [-0.39, 0.29) is 5.91 Å². The molecule has 6 heteroatoms. The summed E-state index contributed by atoms with van der Waals surface area (Å²) in [4.78, 5) is 33.4. The Balaban J connectivity index is 4.63. The standard InChI is InChI=1S/C11H20N2O4/c1-6(12-7(2)14)9(15)13-8(10(16)17)11(3,4)5/h6,8H,1-5H3,(H,12,14)(H,13,15)(H,16,17)/t6?,8-/m1/s1. The van der Waals surface area contributed by atoms with Gasteiger partial charge in [0.15, 0.2) is 0 Å². The van der Waals surface area contributed by atoms with Gasteiger partial charge in [0, 0.05) is 6.92 Å². The van der Waals surface area contributed by atoms with E-state index >= 15 is 0 Å². The molecule has 6 nitrogen and oxygen atoms in total. The summed E-state index contributed by atoms with van der Waals surface area (Å²) < 4.78 is 0. The quantitative estimate of drug-likeness (QED) is 0.655. The highest BCUT2D eigenvalue weighted by molar-refractivity contribution is 5.89. The molecule has 2 amide bonds. The lowest BCUT2D eigenvalue weighted by molar-refractivity contribution is -0.145. The lowest BCUT2D eigenvalue weighted by Crippen LogP contribution is -2.54. The molecule has 2 atom stereocenters. The average molecular weight is 244 g/mol. The number of carbonyl (C=O) groups is 3. The van der Waals surface area contributed by atoms with Gasteiger partial charge in [-0.15, -0.1) is 0 Å². The monoisotopic (exact) mass is 244 g/mol. The molecular weight excluding hydrogens is 224 g/mol. The zero-order chi connectivity index (χ0) is 13.8. The van der Waals surface area contributed by atoms with Crippen LogP contribution in [-0.2, 0) is 14.4 Å². The molecule has 0 heterocycles. The molecule has 0 bridgehead atoms. The fraction of sp³-hybridized carbons (Fsp3) is 0.727. The fourth-order valence-corrected chi connectivity index (χ4v) is 1.29. The average Bonchev–Trinajstić information content (AvgIpc) is 2.09. The molecule has 0 saturated heterocycles. The van der Waals surface area contributed by atoms with Gasteiger partial charge in [-0.05, 0) is 12.3 Å². The molecule has 0 spiro atoms. The Hall–Kier alpha value is -1.59. The van der Waals surface area contributed by atoms with Crippen molar-refractivity contribution >= 4 is 17.8 Å². The summed E-state index contributed by atoms with van der Waals surface area (Å²) in [5, 5.41) is 13.8. The predicted molar refractivity (Wildman–Crippen MR) is 62.3 cm³/mol. The Morgan fingerprint density at radius 2 is 1.59 bits per heavy atom. The van der Waals surface area contributed by atoms with Crippen LogP contribution in [0.5, 0.6) is 0 Å². The van der Waals surface area contributed by atoms with Crippen LogP contribution in [0, 0.1) is 5.41 Å². The first-order chi connectivity index (χ1) is 7.55. The highest BCUT2D eigenvalue weighted by Gasteiger charge is 2.33. The van der Waals surface area contributed by atoms with Crippen LogP contribution < -0.4 is 10.6 Å². The number of carboxylic acids is 1. The Kier molecular flexibility index (Phi) is 5.12. The molecule has 0 aliphatic rings. The summed E-state index contributed by atoms with van der Waals surface area (Å²) in [7, 11) is 0. The third kappa shape index (κ3) is 5.33. The van der Waals surface area contributed by atoms with E-state index in [1.165, 1.54) is 13.8 Å². The number of hydrogen-bond acceptors (Lipinski definition) is 3. The molecule has 0 aromatic heterocycles. The van der Waals surface area contributed by atoms with Crippen molar-refractivity contribution in [3.05, 3.63) is 0 Å². The van der Waals surface area contributed by atoms with Crippen LogP contribution in [0.1, 0.15) is 34.6 Å². The molecule has 0 radical (unpaired) electrons. The topological polar surface area (TPSA) is 95.5 Å². The van der Waals surface area contributed by atoms with E-state index in [0.717, 1.165) is 0 Å². The first kappa shape index (κ1) is 15.4. The van der Waals surface area contributed by atoms with Crippen LogP contribution in [0.4, 0.5) is 0 Å². The number of carbonyl (C=O) groups excluding carboxylic acids is 2. The zero-order valence-electron chi connectivity index (χ0n) is 10.8. The number of aliphatic carboxylic acids is 1. The molecule has 3 N–H and O–H groups in total. The van der Waals surface area contributed by atoms with E-state index in [2.05, 4.69) is 10.6 Å². The predicted octanol–water partition coefficient (Wildman–Crippen LogP) is 0.127. The molecule has 0 aromatic rings. The third-order valence-corrected chi connectivity index (χ3v) is 2.21. The van der Waals surface area contributed by atoms with Crippen LogP contribution in [0.2, 0.25) is 0 Å². The number of carboxylic acid groups (broad SMARTS) is 1. The van der Waals surface area contributed by atoms with Crippen molar-refractivity contribution in [1.29, 1.82) is 0 Å². The smallest absolute Gasteiger partial charge is 0.326 e. The van der Waals surface area contributed by atoms with Crippen molar-refractivity contribution in [1.82, 2.24) is 10.6 Å². The van der Waals surface area contributed by atoms with Gasteiger partial charge >= 0.3 is 5.97 Å². The van der Waals surface area contributed by atoms with E-state index in [1.807, 2.05) is 0 Å². The lowest BCUT2D eigenvalue weighted by atomic mass is 9.86. The number of hydrogen-bond donors (Lipinski definition) is 3. The third-order valence-electron chi connectivity index (χ3n) is 2.21. The molecular formula is C11H20N2O4. The first-order valence-electron chi connectivity index (χ1n) is 5.36. The Morgan fingerprint density at radius 3 is 1.88 bits per heavy atom. The van der Waals surface area contributed by atoms with Crippen LogP contribution in [0.25, 0.3) is 0 Å². The highest BCUT2D eigenvalue weighted by atomic mass is 16.4. The second kappa shape index (κ2) is 5.65. The van der Waals surface area contributed by atoms with Crippen molar-refractivity contribution in [2.24, 2.45) is 5.41 Å². The summed E-state index contributed by atoms with van der Waals surface area (Å²) in [6.07, 6.45) is 0. The largest absolute Gasteiger partial charge is 0.480 e. The maximum atomic E-state index is 11.7. The fourth-order valence-electron chi connectivity index (χ4n) is 1.29. The van der Waals surface area contributed by atoms with Crippen molar-refractivity contribution < 1.29 is 19.5 Å². The van der Waals surface area contributed by atoms with Crippen molar-refractivity contribution in [2.75, 3.05) is 0 Å². The Morgan fingerprint density at radius 1 is 1.12 bits per heavy atom. The molecule has 0 aliphatic heterocycles. The van der Waals surface area contributed by atoms with E-state index < -0.39 is 29.4 Å². The van der Waals surface area contributed by atoms with E-state index in [4.69, 9.17) is 5.11 Å². The van der Waals surface area contributed by atoms with Crippen LogP contribution in [-0.4, -0.2) is 35.0 Å². The summed E-state index contributed by atoms with van der Waals surface area (Å²) in [6.45, 7) is 7.94. The summed E-state index contributed by atoms with van der Waals surface area (Å²) >= 11 is 0. The Labute approximate surface area is 101 Å². The maximum Gasteiger partial charge on any atom is 0.326 e. The molecule has 98 valence electrons. The van der Waals surface area contributed by atoms with E-state index in [9.17, 15) is 14.4 Å². The molecule has 17 heavy (non-hydrogen) atoms. The zero-order valence-corrected chi connectivity index (χ0v) is 10.8. The minimum Gasteiger partial charge on any atom is -0.480 e. The lowest BCUT2D eigenvalue weighted by Gasteiger charge is -2.28. The van der Waals surface area contributed by atoms with Crippen LogP contribution in [0.15, 0.2) is 0 Å². The van der Waals surface area contributed by atoms with Gasteiger partial charge in [-0.1, -0.05) is 20.8 Å². The van der Waals surface area contributed by atoms with Gasteiger partial charge in [-0.2, -0.15) is 0 Å². The maximum absolute atomic E-state index is 11.7. The van der Waals surface area contributed by atoms with Crippen molar-refractivity contribution in [3.63, 3.8) is 0 Å². The van der Waals surface area contributed by atoms with Crippen molar-refractivity contribution in [2.45, 2.75) is 46.7 Å². The van der Waals surface area contributed by atoms with Crippen LogP contribution in [0.3, 0.4) is 0 Å². The highest BCUT2D eigenvalue weighted by Crippen LogP contribution is 2.19. The normalized spacial score (nSPS) is 14.6. The SMILES string of the molecule is CC(=O)NC(C)C(=O)N[C@H](C(=O)O)C(C)(C)C. The Bertz CT molecular complexity index is 320. The second-order valence-corrected chi connectivity index (χ2v) is 5.07. The van der Waals surface area contributed by atoms with Crippen LogP contribution >= 0.6 is 0 Å². The second-order valence-electron chi connectivity index (χ2n) is 5.07. The molecule has 1 unspecified atom stereocenters. The van der Waals surface area contributed by atoms with Crippen molar-refractivity contribution in [3.8, 4) is 0 Å². The summed E-state index contributed by atoms with van der Waals surface area (Å²) in [5.41, 5.74) is -0.600. The van der Waals surface area contributed by atoms with Gasteiger partial charge in [0.2, 0.25) is 11.8 Å². The molecule has 0 saturated carbocycles. The summed E-state index contributed by atoms with van der Waals surface area (Å²) in [5.74, 6) is -1.95. The van der Waals surface area contributed by atoms with E-state index in [1.54, 1.807) is 20.8 Å². The minimum atomic E-state index is -1.10.